The molecule has 1 heterocycles. The maximum Gasteiger partial charge on any atom is 0.251 e. The van der Waals surface area contributed by atoms with Crippen molar-refractivity contribution < 1.29 is 14.3 Å². The molecular weight excluding hydrogens is 318 g/mol. The number of amides is 2. The molecule has 0 radical (unpaired) electrons. The third-order valence-corrected chi connectivity index (χ3v) is 3.26. The van der Waals surface area contributed by atoms with Crippen molar-refractivity contribution in [1.29, 1.82) is 0 Å². The van der Waals surface area contributed by atoms with Gasteiger partial charge in [0.05, 0.1) is 13.7 Å². The summed E-state index contributed by atoms with van der Waals surface area (Å²) in [6.45, 7) is 0.220. The van der Waals surface area contributed by atoms with Gasteiger partial charge in [0.1, 0.15) is 0 Å². The minimum absolute atomic E-state index is 0.106. The van der Waals surface area contributed by atoms with Gasteiger partial charge in [-0.1, -0.05) is 17.7 Å². The predicted octanol–water partition coefficient (Wildman–Crippen LogP) is 1.79. The number of nitrogens with one attached hydrogen (secondary N) is 2. The normalized spacial score (nSPS) is 10.0. The average Bonchev–Trinajstić information content (AvgIpc) is 2.59. The molecule has 0 bridgehead atoms. The second kappa shape index (κ2) is 8.14. The maximum atomic E-state index is 11.8. The van der Waals surface area contributed by atoms with E-state index in [1.807, 2.05) is 0 Å². The fourth-order valence-corrected chi connectivity index (χ4v) is 1.89. The van der Waals surface area contributed by atoms with Crippen LogP contribution in [0.2, 0.25) is 5.02 Å². The largest absolute Gasteiger partial charge is 0.481 e. The number of carbonyl (C=O) groups is 2. The number of carbonyl (C=O) groups excluding carboxylic acids is 2. The second-order valence-electron chi connectivity index (χ2n) is 4.68. The molecule has 120 valence electrons. The van der Waals surface area contributed by atoms with E-state index in [2.05, 4.69) is 15.6 Å². The molecule has 0 aliphatic carbocycles. The van der Waals surface area contributed by atoms with Crippen molar-refractivity contribution in [3.8, 4) is 5.88 Å². The van der Waals surface area contributed by atoms with Gasteiger partial charge in [0.25, 0.3) is 5.91 Å². The van der Waals surface area contributed by atoms with Crippen molar-refractivity contribution in [1.82, 2.24) is 15.6 Å². The van der Waals surface area contributed by atoms with Gasteiger partial charge in [-0.3, -0.25) is 9.59 Å². The van der Waals surface area contributed by atoms with Crippen LogP contribution in [0.15, 0.2) is 42.6 Å². The van der Waals surface area contributed by atoms with Crippen molar-refractivity contribution in [3.05, 3.63) is 58.7 Å². The van der Waals surface area contributed by atoms with Crippen molar-refractivity contribution in [2.75, 3.05) is 13.7 Å². The number of benzene rings is 1. The monoisotopic (exact) mass is 333 g/mol. The molecule has 2 amide bonds. The molecule has 0 saturated heterocycles. The summed E-state index contributed by atoms with van der Waals surface area (Å²) in [5.74, 6) is -0.110. The Morgan fingerprint density at radius 1 is 1.13 bits per heavy atom. The van der Waals surface area contributed by atoms with Crippen LogP contribution >= 0.6 is 11.6 Å². The van der Waals surface area contributed by atoms with E-state index >= 15 is 0 Å². The van der Waals surface area contributed by atoms with Crippen LogP contribution in [-0.4, -0.2) is 30.5 Å². The van der Waals surface area contributed by atoms with Crippen LogP contribution in [-0.2, 0) is 11.3 Å². The summed E-state index contributed by atoms with van der Waals surface area (Å²) in [5, 5.41) is 5.79. The number of aromatic nitrogens is 1. The summed E-state index contributed by atoms with van der Waals surface area (Å²) in [6.07, 6.45) is 1.62. The van der Waals surface area contributed by atoms with Crippen LogP contribution in [0, 0.1) is 0 Å². The number of hydrogen-bond acceptors (Lipinski definition) is 4. The highest BCUT2D eigenvalue weighted by Gasteiger charge is 2.08. The lowest BCUT2D eigenvalue weighted by atomic mass is 10.2. The van der Waals surface area contributed by atoms with Crippen LogP contribution in [0.3, 0.4) is 0 Å². The summed E-state index contributed by atoms with van der Waals surface area (Å²) in [7, 11) is 1.53. The van der Waals surface area contributed by atoms with Crippen LogP contribution in [0.4, 0.5) is 0 Å². The SMILES string of the molecule is COc1ccc(CNC(=O)CNC(=O)c2ccc(Cl)cc2)cn1. The summed E-state index contributed by atoms with van der Waals surface area (Å²) in [4.78, 5) is 27.6. The Bertz CT molecular complexity index is 672. The van der Waals surface area contributed by atoms with Gasteiger partial charge in [0.15, 0.2) is 0 Å². The van der Waals surface area contributed by atoms with E-state index < -0.39 is 0 Å². The molecule has 2 rings (SSSR count). The number of rotatable bonds is 6. The minimum atomic E-state index is -0.331. The smallest absolute Gasteiger partial charge is 0.251 e. The van der Waals surface area contributed by atoms with Gasteiger partial charge >= 0.3 is 0 Å². The lowest BCUT2D eigenvalue weighted by molar-refractivity contribution is -0.120. The Labute approximate surface area is 138 Å². The van der Waals surface area contributed by atoms with Crippen LogP contribution in [0.5, 0.6) is 5.88 Å². The summed E-state index contributed by atoms with van der Waals surface area (Å²) in [5.41, 5.74) is 1.28. The molecule has 0 fully saturated rings. The zero-order valence-electron chi connectivity index (χ0n) is 12.5. The fraction of sp³-hybridized carbons (Fsp3) is 0.188. The fourth-order valence-electron chi connectivity index (χ4n) is 1.76. The Morgan fingerprint density at radius 3 is 2.48 bits per heavy atom. The number of ether oxygens (including phenoxy) is 1. The minimum Gasteiger partial charge on any atom is -0.481 e. The zero-order valence-corrected chi connectivity index (χ0v) is 13.3. The molecule has 23 heavy (non-hydrogen) atoms. The summed E-state index contributed by atoms with van der Waals surface area (Å²) >= 11 is 5.75. The van der Waals surface area contributed by atoms with Crippen LogP contribution in [0.25, 0.3) is 0 Å². The molecule has 7 heteroatoms. The number of hydrogen-bond donors (Lipinski definition) is 2. The lowest BCUT2D eigenvalue weighted by Gasteiger charge is -2.07. The van der Waals surface area contributed by atoms with Gasteiger partial charge in [-0.25, -0.2) is 4.98 Å². The molecule has 1 aromatic heterocycles. The van der Waals surface area contributed by atoms with Crippen molar-refractivity contribution in [3.63, 3.8) is 0 Å². The Balaban J connectivity index is 1.76. The number of pyridine rings is 1. The highest BCUT2D eigenvalue weighted by molar-refractivity contribution is 6.30. The van der Waals surface area contributed by atoms with Gasteiger partial charge in [-0.15, -0.1) is 0 Å². The van der Waals surface area contributed by atoms with Gasteiger partial charge < -0.3 is 15.4 Å². The molecule has 2 N–H and O–H groups in total. The molecule has 0 atom stereocenters. The van der Waals surface area contributed by atoms with E-state index in [-0.39, 0.29) is 18.4 Å². The van der Waals surface area contributed by atoms with E-state index in [1.165, 1.54) is 7.11 Å². The third kappa shape index (κ3) is 5.27. The first kappa shape index (κ1) is 16.8. The third-order valence-electron chi connectivity index (χ3n) is 3.01. The molecule has 0 spiro atoms. The molecule has 6 nitrogen and oxygen atoms in total. The molecule has 0 unspecified atom stereocenters. The van der Waals surface area contributed by atoms with E-state index in [9.17, 15) is 9.59 Å². The van der Waals surface area contributed by atoms with Gasteiger partial charge in [-0.05, 0) is 29.8 Å². The Kier molecular flexibility index (Phi) is 5.94. The zero-order chi connectivity index (χ0) is 16.7. The highest BCUT2D eigenvalue weighted by atomic mass is 35.5. The molecule has 0 saturated carbocycles. The van der Waals surface area contributed by atoms with E-state index in [0.717, 1.165) is 5.56 Å². The first-order chi connectivity index (χ1) is 11.1. The van der Waals surface area contributed by atoms with Crippen LogP contribution in [0.1, 0.15) is 15.9 Å². The van der Waals surface area contributed by atoms with Crippen molar-refractivity contribution >= 4 is 23.4 Å². The lowest BCUT2D eigenvalue weighted by Crippen LogP contribution is -2.36. The Hall–Kier alpha value is -2.60. The van der Waals surface area contributed by atoms with Crippen molar-refractivity contribution in [2.24, 2.45) is 0 Å². The number of nitrogens with zero attached hydrogens (tertiary/aromatic N) is 1. The number of halogens is 1. The number of methoxy groups -OCH3 is 1. The quantitative estimate of drug-likeness (QED) is 0.844. The molecular formula is C16H16ClN3O3. The van der Waals surface area contributed by atoms with E-state index in [4.69, 9.17) is 16.3 Å². The van der Waals surface area contributed by atoms with Crippen LogP contribution < -0.4 is 15.4 Å². The first-order valence-electron chi connectivity index (χ1n) is 6.88. The molecule has 0 aliphatic rings. The molecule has 1 aromatic carbocycles. The van der Waals surface area contributed by atoms with E-state index in [1.54, 1.807) is 42.6 Å². The molecule has 0 aliphatic heterocycles. The van der Waals surface area contributed by atoms with Gasteiger partial charge in [0, 0.05) is 29.4 Å². The Morgan fingerprint density at radius 2 is 1.87 bits per heavy atom. The average molecular weight is 334 g/mol. The van der Waals surface area contributed by atoms with Gasteiger partial charge in [0.2, 0.25) is 11.8 Å². The van der Waals surface area contributed by atoms with Crippen molar-refractivity contribution in [2.45, 2.75) is 6.54 Å². The highest BCUT2D eigenvalue weighted by Crippen LogP contribution is 2.09. The summed E-state index contributed by atoms with van der Waals surface area (Å²) in [6, 6.07) is 9.94. The first-order valence-corrected chi connectivity index (χ1v) is 7.25. The standard InChI is InChI=1S/C16H16ClN3O3/c1-23-15-7-2-11(9-19-15)8-18-14(21)10-20-16(22)12-3-5-13(17)6-4-12/h2-7,9H,8,10H2,1H3,(H,18,21)(H,20,22). The summed E-state index contributed by atoms with van der Waals surface area (Å²) < 4.78 is 4.95. The topological polar surface area (TPSA) is 80.3 Å². The predicted molar refractivity (Wildman–Crippen MR) is 86.4 cm³/mol. The second-order valence-corrected chi connectivity index (χ2v) is 5.11. The molecule has 2 aromatic rings. The van der Waals surface area contributed by atoms with Gasteiger partial charge in [-0.2, -0.15) is 0 Å². The van der Waals surface area contributed by atoms with E-state index in [0.29, 0.717) is 23.0 Å². The maximum absolute atomic E-state index is 11.8.